The van der Waals surface area contributed by atoms with Gasteiger partial charge in [0.05, 0.1) is 6.04 Å². The first-order chi connectivity index (χ1) is 7.07. The van der Waals surface area contributed by atoms with E-state index in [-0.39, 0.29) is 11.9 Å². The molecule has 0 spiro atoms. The smallest absolute Gasteiger partial charge is 0.234 e. The number of thioether (sulfide) groups is 1. The zero-order valence-corrected chi connectivity index (χ0v) is 10.8. The molecule has 5 heteroatoms. The van der Waals surface area contributed by atoms with E-state index in [0.717, 1.165) is 31.0 Å². The van der Waals surface area contributed by atoms with Gasteiger partial charge in [0, 0.05) is 13.1 Å². The Bertz CT molecular complexity index is 176. The van der Waals surface area contributed by atoms with E-state index < -0.39 is 0 Å². The highest BCUT2D eigenvalue weighted by Crippen LogP contribution is 2.03. The maximum absolute atomic E-state index is 11.1. The zero-order chi connectivity index (χ0) is 11.7. The first-order valence-electron chi connectivity index (χ1n) is 5.33. The molecule has 0 radical (unpaired) electrons. The number of hydrogen-bond donors (Lipinski definition) is 2. The molecule has 0 heterocycles. The summed E-state index contributed by atoms with van der Waals surface area (Å²) in [4.78, 5) is 13.2. The number of nitrogens with two attached hydrogens (primary N) is 1. The number of rotatable bonds is 9. The molecule has 0 fully saturated rings. The Morgan fingerprint density at radius 2 is 2.20 bits per heavy atom. The molecule has 0 aromatic rings. The number of nitrogens with zero attached hydrogens (tertiary/aromatic N) is 1. The molecule has 1 unspecified atom stereocenters. The lowest BCUT2D eigenvalue weighted by molar-refractivity contribution is -0.120. The van der Waals surface area contributed by atoms with E-state index >= 15 is 0 Å². The van der Waals surface area contributed by atoms with Crippen molar-refractivity contribution in [3.63, 3.8) is 0 Å². The van der Waals surface area contributed by atoms with Crippen LogP contribution in [0.4, 0.5) is 0 Å². The summed E-state index contributed by atoms with van der Waals surface area (Å²) in [7, 11) is 4.02. The molecule has 0 aromatic carbocycles. The molecule has 1 amide bonds. The molecule has 0 aromatic heterocycles. The maximum atomic E-state index is 11.1. The number of primary amides is 1. The van der Waals surface area contributed by atoms with Crippen molar-refractivity contribution < 1.29 is 4.79 Å². The summed E-state index contributed by atoms with van der Waals surface area (Å²) in [6.45, 7) is 3.84. The van der Waals surface area contributed by atoms with E-state index in [1.807, 2.05) is 25.9 Å². The summed E-state index contributed by atoms with van der Waals surface area (Å²) in [5.74, 6) is 1.83. The van der Waals surface area contributed by atoms with Crippen LogP contribution in [0.5, 0.6) is 0 Å². The molecule has 15 heavy (non-hydrogen) atoms. The van der Waals surface area contributed by atoms with Crippen molar-refractivity contribution >= 4 is 17.7 Å². The summed E-state index contributed by atoms with van der Waals surface area (Å²) in [6, 6.07) is -0.177. The molecule has 0 bridgehead atoms. The van der Waals surface area contributed by atoms with Gasteiger partial charge in [0.25, 0.3) is 0 Å². The molecule has 3 N–H and O–H groups in total. The van der Waals surface area contributed by atoms with Gasteiger partial charge in [0.1, 0.15) is 0 Å². The van der Waals surface area contributed by atoms with Crippen molar-refractivity contribution in [2.75, 3.05) is 38.7 Å². The predicted octanol–water partition coefficient (Wildman–Crippen LogP) is 0.135. The molecule has 0 saturated heterocycles. The van der Waals surface area contributed by atoms with Gasteiger partial charge in [-0.1, -0.05) is 6.92 Å². The fraction of sp³-hybridized carbons (Fsp3) is 0.900. The minimum atomic E-state index is -0.245. The van der Waals surface area contributed by atoms with Gasteiger partial charge in [-0.15, -0.1) is 0 Å². The second kappa shape index (κ2) is 9.00. The van der Waals surface area contributed by atoms with Crippen LogP contribution >= 0.6 is 11.8 Å². The second-order valence-corrected chi connectivity index (χ2v) is 5.09. The average molecular weight is 233 g/mol. The molecule has 0 aliphatic carbocycles. The summed E-state index contributed by atoms with van der Waals surface area (Å²) in [5, 5.41) is 3.18. The Morgan fingerprint density at radius 3 is 2.67 bits per heavy atom. The minimum Gasteiger partial charge on any atom is -0.368 e. The summed E-state index contributed by atoms with van der Waals surface area (Å²) < 4.78 is 0. The van der Waals surface area contributed by atoms with Crippen LogP contribution in [0.15, 0.2) is 0 Å². The third kappa shape index (κ3) is 8.72. The second-order valence-electron chi connectivity index (χ2n) is 3.70. The number of likely N-dealkylation sites (N-methyl/N-ethyl adjacent to an activating group) is 1. The molecule has 0 aliphatic rings. The lowest BCUT2D eigenvalue weighted by Gasteiger charge is -2.16. The van der Waals surface area contributed by atoms with Gasteiger partial charge < -0.3 is 16.0 Å². The van der Waals surface area contributed by atoms with Gasteiger partial charge in [-0.25, -0.2) is 0 Å². The van der Waals surface area contributed by atoms with Crippen molar-refractivity contribution in [2.45, 2.75) is 19.4 Å². The third-order valence-corrected chi connectivity index (χ3v) is 2.98. The van der Waals surface area contributed by atoms with Gasteiger partial charge >= 0.3 is 0 Å². The van der Waals surface area contributed by atoms with Gasteiger partial charge in [-0.2, -0.15) is 11.8 Å². The van der Waals surface area contributed by atoms with E-state index in [0.29, 0.717) is 0 Å². The van der Waals surface area contributed by atoms with E-state index in [4.69, 9.17) is 5.73 Å². The first kappa shape index (κ1) is 14.7. The van der Waals surface area contributed by atoms with E-state index in [9.17, 15) is 4.79 Å². The highest BCUT2D eigenvalue weighted by Gasteiger charge is 2.13. The van der Waals surface area contributed by atoms with Crippen molar-refractivity contribution in [3.8, 4) is 0 Å². The number of carbonyl (C=O) groups excluding carboxylic acids is 1. The molecular formula is C10H23N3OS. The first-order valence-corrected chi connectivity index (χ1v) is 6.48. The highest BCUT2D eigenvalue weighted by atomic mass is 32.2. The minimum absolute atomic E-state index is 0.177. The van der Waals surface area contributed by atoms with Crippen LogP contribution in [0.3, 0.4) is 0 Å². The van der Waals surface area contributed by atoms with Crippen molar-refractivity contribution in [1.29, 1.82) is 0 Å². The van der Waals surface area contributed by atoms with Gasteiger partial charge in [0.2, 0.25) is 5.91 Å². The van der Waals surface area contributed by atoms with Gasteiger partial charge in [0.15, 0.2) is 0 Å². The summed E-state index contributed by atoms with van der Waals surface area (Å²) in [5.41, 5.74) is 5.31. The summed E-state index contributed by atoms with van der Waals surface area (Å²) >= 11 is 1.84. The average Bonchev–Trinajstić information content (AvgIpc) is 2.15. The predicted molar refractivity (Wildman–Crippen MR) is 67.2 cm³/mol. The lowest BCUT2D eigenvalue weighted by Crippen LogP contribution is -2.44. The number of nitrogens with one attached hydrogen (secondary N) is 1. The molecule has 0 aliphatic heterocycles. The Balaban J connectivity index is 3.69. The molecule has 90 valence electrons. The SMILES string of the molecule is CCSCCC(NCCN(C)C)C(N)=O. The molecule has 0 saturated carbocycles. The fourth-order valence-electron chi connectivity index (χ4n) is 1.15. The molecule has 0 rings (SSSR count). The highest BCUT2D eigenvalue weighted by molar-refractivity contribution is 7.99. The Kier molecular flexibility index (Phi) is 8.85. The Labute approximate surface area is 97.0 Å². The van der Waals surface area contributed by atoms with Crippen LogP contribution in [0, 0.1) is 0 Å². The number of hydrogen-bond acceptors (Lipinski definition) is 4. The lowest BCUT2D eigenvalue weighted by atomic mass is 10.2. The fourth-order valence-corrected chi connectivity index (χ4v) is 1.84. The van der Waals surface area contributed by atoms with Crippen LogP contribution in [-0.4, -0.2) is 55.5 Å². The van der Waals surface area contributed by atoms with Gasteiger partial charge in [-0.3, -0.25) is 4.79 Å². The van der Waals surface area contributed by atoms with Crippen LogP contribution in [0.25, 0.3) is 0 Å². The molecular weight excluding hydrogens is 210 g/mol. The van der Waals surface area contributed by atoms with Gasteiger partial charge in [-0.05, 0) is 32.0 Å². The normalized spacial score (nSPS) is 13.1. The maximum Gasteiger partial charge on any atom is 0.234 e. The van der Waals surface area contributed by atoms with Crippen molar-refractivity contribution in [1.82, 2.24) is 10.2 Å². The summed E-state index contributed by atoms with van der Waals surface area (Å²) in [6.07, 6.45) is 0.821. The van der Waals surface area contributed by atoms with Crippen LogP contribution in [0.1, 0.15) is 13.3 Å². The van der Waals surface area contributed by atoms with Crippen molar-refractivity contribution in [3.05, 3.63) is 0 Å². The Morgan fingerprint density at radius 1 is 1.53 bits per heavy atom. The van der Waals surface area contributed by atoms with E-state index in [1.54, 1.807) is 0 Å². The topological polar surface area (TPSA) is 58.4 Å². The monoisotopic (exact) mass is 233 g/mol. The van der Waals surface area contributed by atoms with Crippen LogP contribution in [-0.2, 0) is 4.79 Å². The zero-order valence-electron chi connectivity index (χ0n) is 9.95. The quantitative estimate of drug-likeness (QED) is 0.556. The standard InChI is InChI=1S/C10H23N3OS/c1-4-15-8-5-9(10(11)14)12-6-7-13(2)3/h9,12H,4-8H2,1-3H3,(H2,11,14). The molecule has 1 atom stereocenters. The Hall–Kier alpha value is -0.260. The largest absolute Gasteiger partial charge is 0.368 e. The molecule has 4 nitrogen and oxygen atoms in total. The number of amides is 1. The van der Waals surface area contributed by atoms with Crippen LogP contribution in [0.2, 0.25) is 0 Å². The van der Waals surface area contributed by atoms with Crippen molar-refractivity contribution in [2.24, 2.45) is 5.73 Å². The number of carbonyl (C=O) groups is 1. The van der Waals surface area contributed by atoms with Crippen LogP contribution < -0.4 is 11.1 Å². The van der Waals surface area contributed by atoms with E-state index in [1.165, 1.54) is 0 Å². The third-order valence-electron chi connectivity index (χ3n) is 2.05. The van der Waals surface area contributed by atoms with E-state index in [2.05, 4.69) is 17.1 Å².